The molecule has 0 fully saturated rings. The van der Waals surface area contributed by atoms with Crippen molar-refractivity contribution >= 4 is 5.91 Å². The molecule has 0 spiro atoms. The lowest BCUT2D eigenvalue weighted by molar-refractivity contribution is -0.124. The van der Waals surface area contributed by atoms with E-state index < -0.39 is 18.2 Å². The highest BCUT2D eigenvalue weighted by Crippen LogP contribution is 2.19. The topological polar surface area (TPSA) is 89.8 Å². The second-order valence-electron chi connectivity index (χ2n) is 22.0. The molecule has 3 atom stereocenters. The van der Waals surface area contributed by atoms with Crippen molar-refractivity contribution in [3.63, 3.8) is 0 Å². The molecule has 4 N–H and O–H groups in total. The van der Waals surface area contributed by atoms with Gasteiger partial charge in [-0.1, -0.05) is 348 Å². The van der Waals surface area contributed by atoms with Gasteiger partial charge in [0, 0.05) is 6.42 Å². The van der Waals surface area contributed by atoms with Crippen LogP contribution in [-0.2, 0) is 4.79 Å². The van der Waals surface area contributed by atoms with Gasteiger partial charge in [0.1, 0.15) is 6.10 Å². The molecule has 0 saturated heterocycles. The number of unbranched alkanes of at least 4 members (excludes halogenated alkanes) is 51. The molecule has 402 valence electrons. The van der Waals surface area contributed by atoms with E-state index in [0.717, 1.165) is 32.1 Å². The zero-order valence-corrected chi connectivity index (χ0v) is 46.1. The molecule has 1 amide bonds. The molecule has 67 heavy (non-hydrogen) atoms. The van der Waals surface area contributed by atoms with Gasteiger partial charge in [0.25, 0.3) is 0 Å². The normalized spacial score (nSPS) is 13.1. The summed E-state index contributed by atoms with van der Waals surface area (Å²) in [5.41, 5.74) is 0. The maximum atomic E-state index is 12.5. The summed E-state index contributed by atoms with van der Waals surface area (Å²) in [6.45, 7) is 4.24. The average Bonchev–Trinajstić information content (AvgIpc) is 3.33. The Balaban J connectivity index is 3.45. The van der Waals surface area contributed by atoms with Crippen LogP contribution >= 0.6 is 0 Å². The quantitative estimate of drug-likeness (QED) is 0.0457. The van der Waals surface area contributed by atoms with Crippen molar-refractivity contribution in [2.75, 3.05) is 6.61 Å². The number of carbonyl (C=O) groups excluding carboxylic acids is 1. The van der Waals surface area contributed by atoms with Crippen LogP contribution in [0.5, 0.6) is 0 Å². The third kappa shape index (κ3) is 53.0. The predicted molar refractivity (Wildman–Crippen MR) is 296 cm³/mol. The molecule has 5 heteroatoms. The van der Waals surface area contributed by atoms with E-state index in [-0.39, 0.29) is 12.5 Å². The molecule has 0 radical (unpaired) electrons. The van der Waals surface area contributed by atoms with Gasteiger partial charge in [0.15, 0.2) is 0 Å². The van der Waals surface area contributed by atoms with E-state index in [1.807, 2.05) is 0 Å². The Morgan fingerprint density at radius 1 is 0.313 bits per heavy atom. The molecule has 0 aliphatic heterocycles. The first kappa shape index (κ1) is 66.3. The van der Waals surface area contributed by atoms with Gasteiger partial charge in [-0.2, -0.15) is 0 Å². The Morgan fingerprint density at radius 2 is 0.507 bits per heavy atom. The first-order chi connectivity index (χ1) is 33.1. The Morgan fingerprint density at radius 3 is 0.716 bits per heavy atom. The third-order valence-electron chi connectivity index (χ3n) is 15.2. The molecular weight excluding hydrogens is 823 g/mol. The molecular formula is C62H125NO4. The zero-order chi connectivity index (χ0) is 48.6. The summed E-state index contributed by atoms with van der Waals surface area (Å²) in [6, 6.07) is -0.805. The summed E-state index contributed by atoms with van der Waals surface area (Å²) in [7, 11) is 0. The fourth-order valence-electron chi connectivity index (χ4n) is 10.4. The number of nitrogens with one attached hydrogen (secondary N) is 1. The standard InChI is InChI=1S/C62H125NO4/c1-3-5-7-9-11-13-15-17-19-21-23-25-27-28-29-30-31-32-33-35-37-39-41-43-45-47-49-51-53-55-57-61(66)63-59(58-64)62(67)60(65)56-54-52-50-48-46-44-42-40-38-36-34-26-24-22-20-18-16-14-12-10-8-6-4-2/h59-60,62,64-65,67H,3-58H2,1-2H3,(H,63,66). The van der Waals surface area contributed by atoms with Crippen molar-refractivity contribution in [3.8, 4) is 0 Å². The van der Waals surface area contributed by atoms with Crippen LogP contribution < -0.4 is 5.32 Å². The average molecular weight is 949 g/mol. The van der Waals surface area contributed by atoms with Gasteiger partial charge >= 0.3 is 0 Å². The maximum Gasteiger partial charge on any atom is 0.220 e. The minimum Gasteiger partial charge on any atom is -0.394 e. The van der Waals surface area contributed by atoms with E-state index in [1.54, 1.807) is 0 Å². The van der Waals surface area contributed by atoms with Crippen LogP contribution in [0, 0.1) is 0 Å². The van der Waals surface area contributed by atoms with Crippen LogP contribution in [0.15, 0.2) is 0 Å². The summed E-state index contributed by atoms with van der Waals surface area (Å²) in [5.74, 6) is -0.134. The van der Waals surface area contributed by atoms with Crippen molar-refractivity contribution in [2.45, 2.75) is 385 Å². The highest BCUT2D eigenvalue weighted by molar-refractivity contribution is 5.76. The summed E-state index contributed by atoms with van der Waals surface area (Å²) in [4.78, 5) is 12.5. The van der Waals surface area contributed by atoms with Crippen LogP contribution in [0.3, 0.4) is 0 Å². The van der Waals surface area contributed by atoms with Gasteiger partial charge in [-0.25, -0.2) is 0 Å². The summed E-state index contributed by atoms with van der Waals surface area (Å²) in [6.07, 6.45) is 71.4. The van der Waals surface area contributed by atoms with Crippen molar-refractivity contribution < 1.29 is 20.1 Å². The number of aliphatic hydroxyl groups excluding tert-OH is 3. The molecule has 3 unspecified atom stereocenters. The molecule has 0 aromatic rings. The van der Waals surface area contributed by atoms with Crippen molar-refractivity contribution in [3.05, 3.63) is 0 Å². The lowest BCUT2D eigenvalue weighted by Crippen LogP contribution is -2.50. The molecule has 0 aromatic carbocycles. The molecule has 0 bridgehead atoms. The number of aliphatic hydroxyl groups is 3. The maximum absolute atomic E-state index is 12.5. The number of amides is 1. The predicted octanol–water partition coefficient (Wildman–Crippen LogP) is 19.7. The highest BCUT2D eigenvalue weighted by Gasteiger charge is 2.26. The number of hydrogen-bond donors (Lipinski definition) is 4. The lowest BCUT2D eigenvalue weighted by atomic mass is 9.99. The summed E-state index contributed by atoms with van der Waals surface area (Å²) < 4.78 is 0. The van der Waals surface area contributed by atoms with Crippen molar-refractivity contribution in [1.82, 2.24) is 5.32 Å². The molecule has 0 heterocycles. The van der Waals surface area contributed by atoms with Gasteiger partial charge in [0.2, 0.25) is 5.91 Å². The molecule has 0 saturated carbocycles. The van der Waals surface area contributed by atoms with Crippen LogP contribution in [0.2, 0.25) is 0 Å². The zero-order valence-electron chi connectivity index (χ0n) is 46.1. The van der Waals surface area contributed by atoms with E-state index in [2.05, 4.69) is 19.2 Å². The minimum absolute atomic E-state index is 0.134. The highest BCUT2D eigenvalue weighted by atomic mass is 16.3. The second kappa shape index (κ2) is 57.9. The minimum atomic E-state index is -1.13. The van der Waals surface area contributed by atoms with Crippen molar-refractivity contribution in [1.29, 1.82) is 0 Å². The molecule has 0 aromatic heterocycles. The van der Waals surface area contributed by atoms with E-state index in [4.69, 9.17) is 0 Å². The summed E-state index contributed by atoms with van der Waals surface area (Å²) >= 11 is 0. The van der Waals surface area contributed by atoms with Gasteiger partial charge in [-0.05, 0) is 12.8 Å². The van der Waals surface area contributed by atoms with Crippen LogP contribution in [0.25, 0.3) is 0 Å². The summed E-state index contributed by atoms with van der Waals surface area (Å²) in [5, 5.41) is 33.9. The largest absolute Gasteiger partial charge is 0.394 e. The Hall–Kier alpha value is -0.650. The lowest BCUT2D eigenvalue weighted by Gasteiger charge is -2.26. The first-order valence-electron chi connectivity index (χ1n) is 31.3. The number of carbonyl (C=O) groups is 1. The number of rotatable bonds is 59. The van der Waals surface area contributed by atoms with E-state index in [0.29, 0.717) is 12.8 Å². The number of hydrogen-bond acceptors (Lipinski definition) is 4. The third-order valence-corrected chi connectivity index (χ3v) is 15.2. The fraction of sp³-hybridized carbons (Fsp3) is 0.984. The van der Waals surface area contributed by atoms with Crippen molar-refractivity contribution in [2.24, 2.45) is 0 Å². The molecule has 5 nitrogen and oxygen atoms in total. The van der Waals surface area contributed by atoms with E-state index in [9.17, 15) is 20.1 Å². The fourth-order valence-corrected chi connectivity index (χ4v) is 10.4. The Bertz CT molecular complexity index is 914. The smallest absolute Gasteiger partial charge is 0.220 e. The monoisotopic (exact) mass is 948 g/mol. The SMILES string of the molecule is CCCCCCCCCCCCCCCCCCCCCCCCCCCCCCCCC(=O)NC(CO)C(O)C(O)CCCCCCCCCCCCCCCCCCCCCCCCC. The van der Waals surface area contributed by atoms with Gasteiger partial charge < -0.3 is 20.6 Å². The van der Waals surface area contributed by atoms with Crippen LogP contribution in [0.4, 0.5) is 0 Å². The Labute approximate surface area is 421 Å². The second-order valence-corrected chi connectivity index (χ2v) is 22.0. The molecule has 0 aliphatic carbocycles. The molecule has 0 rings (SSSR count). The van der Waals surface area contributed by atoms with Gasteiger partial charge in [0.05, 0.1) is 18.8 Å². The molecule has 0 aliphatic rings. The van der Waals surface area contributed by atoms with Crippen LogP contribution in [-0.4, -0.2) is 46.1 Å². The van der Waals surface area contributed by atoms with E-state index >= 15 is 0 Å². The van der Waals surface area contributed by atoms with Gasteiger partial charge in [-0.3, -0.25) is 4.79 Å². The first-order valence-corrected chi connectivity index (χ1v) is 31.3. The van der Waals surface area contributed by atoms with Crippen LogP contribution in [0.1, 0.15) is 367 Å². The Kier molecular flexibility index (Phi) is 57.4. The van der Waals surface area contributed by atoms with E-state index in [1.165, 1.54) is 308 Å². The van der Waals surface area contributed by atoms with Gasteiger partial charge in [-0.15, -0.1) is 0 Å².